The molecule has 1 fully saturated rings. The van der Waals surface area contributed by atoms with Gasteiger partial charge in [0.25, 0.3) is 0 Å². The Morgan fingerprint density at radius 1 is 1.42 bits per heavy atom. The van der Waals surface area contributed by atoms with Crippen LogP contribution in [0.2, 0.25) is 0 Å². The summed E-state index contributed by atoms with van der Waals surface area (Å²) in [6.07, 6.45) is 2.96. The van der Waals surface area contributed by atoms with Gasteiger partial charge in [-0.1, -0.05) is 0 Å². The van der Waals surface area contributed by atoms with Gasteiger partial charge in [0.15, 0.2) is 0 Å². The molecule has 100 valence electrons. The lowest BCUT2D eigenvalue weighted by molar-refractivity contribution is 0.105. The average Bonchev–Trinajstić information content (AvgIpc) is 2.74. The molecule has 0 spiro atoms. The number of ether oxygens (including phenoxy) is 1. The highest BCUT2D eigenvalue weighted by atomic mass is 16.5. The van der Waals surface area contributed by atoms with E-state index in [0.717, 1.165) is 29.6 Å². The van der Waals surface area contributed by atoms with Gasteiger partial charge in [-0.3, -0.25) is 4.98 Å². The van der Waals surface area contributed by atoms with Crippen LogP contribution < -0.4 is 11.1 Å². The third kappa shape index (κ3) is 2.02. The van der Waals surface area contributed by atoms with Gasteiger partial charge in [-0.05, 0) is 44.5 Å². The second kappa shape index (κ2) is 4.38. The number of nitrogen functional groups attached to an aromatic ring is 1. The smallest absolute Gasteiger partial charge is 0.0951 e. The first-order valence-corrected chi connectivity index (χ1v) is 6.63. The lowest BCUT2D eigenvalue weighted by atomic mass is 9.94. The third-order valence-electron chi connectivity index (χ3n) is 4.11. The van der Waals surface area contributed by atoms with Gasteiger partial charge in [-0.15, -0.1) is 0 Å². The highest BCUT2D eigenvalue weighted by Crippen LogP contribution is 2.33. The van der Waals surface area contributed by atoms with Crippen LogP contribution in [0, 0.1) is 0 Å². The molecule has 0 bridgehead atoms. The molecule has 1 aromatic heterocycles. The summed E-state index contributed by atoms with van der Waals surface area (Å²) in [7, 11) is 0. The zero-order valence-corrected chi connectivity index (χ0v) is 11.3. The molecule has 3 N–H and O–H groups in total. The second-order valence-corrected chi connectivity index (χ2v) is 5.41. The predicted octanol–water partition coefficient (Wildman–Crippen LogP) is 2.80. The Balaban J connectivity index is 2.04. The van der Waals surface area contributed by atoms with Crippen molar-refractivity contribution in [1.82, 2.24) is 4.98 Å². The molecule has 4 nitrogen and oxygen atoms in total. The fraction of sp³-hybridized carbons (Fsp3) is 0.400. The maximum absolute atomic E-state index is 5.98. The molecule has 19 heavy (non-hydrogen) atoms. The van der Waals surface area contributed by atoms with Gasteiger partial charge in [0.05, 0.1) is 22.8 Å². The summed E-state index contributed by atoms with van der Waals surface area (Å²) >= 11 is 0. The lowest BCUT2D eigenvalue weighted by Crippen LogP contribution is -2.41. The topological polar surface area (TPSA) is 60.2 Å². The van der Waals surface area contributed by atoms with Gasteiger partial charge < -0.3 is 15.8 Å². The van der Waals surface area contributed by atoms with Crippen molar-refractivity contribution in [2.75, 3.05) is 17.7 Å². The van der Waals surface area contributed by atoms with Gasteiger partial charge >= 0.3 is 0 Å². The van der Waals surface area contributed by atoms with Gasteiger partial charge in [0.1, 0.15) is 0 Å². The van der Waals surface area contributed by atoms with Crippen molar-refractivity contribution in [2.45, 2.75) is 31.9 Å². The first kappa shape index (κ1) is 12.2. The van der Waals surface area contributed by atoms with E-state index >= 15 is 0 Å². The Kier molecular flexibility index (Phi) is 2.82. The first-order valence-electron chi connectivity index (χ1n) is 6.63. The minimum absolute atomic E-state index is 0.0428. The van der Waals surface area contributed by atoms with E-state index < -0.39 is 0 Å². The maximum atomic E-state index is 5.98. The van der Waals surface area contributed by atoms with E-state index in [4.69, 9.17) is 10.5 Å². The molecule has 1 aliphatic rings. The molecule has 3 rings (SSSR count). The van der Waals surface area contributed by atoms with Crippen LogP contribution >= 0.6 is 0 Å². The van der Waals surface area contributed by atoms with E-state index in [2.05, 4.69) is 24.1 Å². The van der Waals surface area contributed by atoms with Gasteiger partial charge in [0, 0.05) is 23.9 Å². The van der Waals surface area contributed by atoms with E-state index in [9.17, 15) is 0 Å². The Bertz CT molecular complexity index is 613. The fourth-order valence-electron chi connectivity index (χ4n) is 2.61. The van der Waals surface area contributed by atoms with Crippen LogP contribution in [0.4, 0.5) is 11.4 Å². The minimum Gasteiger partial charge on any atom is -0.397 e. The standard InChI is InChI=1S/C15H19N3O/c1-10-15(2,7-9-19-10)18-13-6-5-12(16)14-11(13)4-3-8-17-14/h3-6,8,10,18H,7,9,16H2,1-2H3. The number of hydrogen-bond donors (Lipinski definition) is 2. The van der Waals surface area contributed by atoms with E-state index in [1.165, 1.54) is 0 Å². The number of benzene rings is 1. The Morgan fingerprint density at radius 2 is 2.26 bits per heavy atom. The van der Waals surface area contributed by atoms with Crippen LogP contribution in [0.15, 0.2) is 30.5 Å². The number of aromatic nitrogens is 1. The summed E-state index contributed by atoms with van der Waals surface area (Å²) in [5.74, 6) is 0. The molecule has 1 saturated heterocycles. The first-order chi connectivity index (χ1) is 9.10. The summed E-state index contributed by atoms with van der Waals surface area (Å²) in [5.41, 5.74) is 8.56. The summed E-state index contributed by atoms with van der Waals surface area (Å²) in [6.45, 7) is 5.11. The minimum atomic E-state index is -0.0428. The van der Waals surface area contributed by atoms with Crippen LogP contribution in [0.25, 0.3) is 10.9 Å². The molecule has 0 radical (unpaired) electrons. The predicted molar refractivity (Wildman–Crippen MR) is 78.2 cm³/mol. The zero-order valence-electron chi connectivity index (χ0n) is 11.3. The number of pyridine rings is 1. The highest BCUT2D eigenvalue weighted by Gasteiger charge is 2.37. The normalized spacial score (nSPS) is 26.7. The van der Waals surface area contributed by atoms with Crippen LogP contribution in [-0.4, -0.2) is 23.2 Å². The number of nitrogens with zero attached hydrogens (tertiary/aromatic N) is 1. The largest absolute Gasteiger partial charge is 0.397 e. The summed E-state index contributed by atoms with van der Waals surface area (Å²) in [4.78, 5) is 4.36. The van der Waals surface area contributed by atoms with Crippen LogP contribution in [0.1, 0.15) is 20.3 Å². The number of anilines is 2. The van der Waals surface area contributed by atoms with E-state index in [1.807, 2.05) is 24.3 Å². The van der Waals surface area contributed by atoms with Crippen molar-refractivity contribution >= 4 is 22.3 Å². The fourth-order valence-corrected chi connectivity index (χ4v) is 2.61. The molecule has 2 aromatic rings. The molecule has 1 aliphatic heterocycles. The van der Waals surface area contributed by atoms with Crippen molar-refractivity contribution in [3.8, 4) is 0 Å². The van der Waals surface area contributed by atoms with Gasteiger partial charge in [-0.2, -0.15) is 0 Å². The average molecular weight is 257 g/mol. The van der Waals surface area contributed by atoms with Crippen molar-refractivity contribution in [3.05, 3.63) is 30.5 Å². The number of fused-ring (bicyclic) bond motifs is 1. The number of rotatable bonds is 2. The summed E-state index contributed by atoms with van der Waals surface area (Å²) in [6, 6.07) is 7.91. The summed E-state index contributed by atoms with van der Waals surface area (Å²) in [5, 5.41) is 4.67. The molecule has 4 heteroatoms. The molecular formula is C15H19N3O. The lowest BCUT2D eigenvalue weighted by Gasteiger charge is -2.30. The van der Waals surface area contributed by atoms with Crippen molar-refractivity contribution in [2.24, 2.45) is 0 Å². The van der Waals surface area contributed by atoms with Crippen LogP contribution in [0.5, 0.6) is 0 Å². The summed E-state index contributed by atoms with van der Waals surface area (Å²) < 4.78 is 5.67. The Labute approximate surface area is 113 Å². The molecule has 0 saturated carbocycles. The van der Waals surface area contributed by atoms with Gasteiger partial charge in [-0.25, -0.2) is 0 Å². The second-order valence-electron chi connectivity index (χ2n) is 5.41. The van der Waals surface area contributed by atoms with E-state index in [0.29, 0.717) is 5.69 Å². The molecule has 2 unspecified atom stereocenters. The number of nitrogens with two attached hydrogens (primary N) is 1. The van der Waals surface area contributed by atoms with Crippen molar-refractivity contribution in [3.63, 3.8) is 0 Å². The highest BCUT2D eigenvalue weighted by molar-refractivity contribution is 5.98. The maximum Gasteiger partial charge on any atom is 0.0951 e. The monoisotopic (exact) mass is 257 g/mol. The van der Waals surface area contributed by atoms with Gasteiger partial charge in [0.2, 0.25) is 0 Å². The van der Waals surface area contributed by atoms with Crippen molar-refractivity contribution in [1.29, 1.82) is 0 Å². The quantitative estimate of drug-likeness (QED) is 0.812. The van der Waals surface area contributed by atoms with Crippen LogP contribution in [0.3, 0.4) is 0 Å². The van der Waals surface area contributed by atoms with Crippen LogP contribution in [-0.2, 0) is 4.74 Å². The van der Waals surface area contributed by atoms with E-state index in [-0.39, 0.29) is 11.6 Å². The molecule has 2 heterocycles. The molecule has 1 aromatic carbocycles. The molecule has 0 amide bonds. The zero-order chi connectivity index (χ0) is 13.5. The molecule has 2 atom stereocenters. The molecule has 0 aliphatic carbocycles. The SMILES string of the molecule is CC1OCCC1(C)Nc1ccc(N)c2ncccc12. The molecular weight excluding hydrogens is 238 g/mol. The Morgan fingerprint density at radius 3 is 3.00 bits per heavy atom. The van der Waals surface area contributed by atoms with E-state index in [1.54, 1.807) is 6.20 Å². The number of hydrogen-bond acceptors (Lipinski definition) is 4. The number of nitrogens with one attached hydrogen (secondary N) is 1. The Hall–Kier alpha value is -1.81. The third-order valence-corrected chi connectivity index (χ3v) is 4.11. The van der Waals surface area contributed by atoms with Crippen molar-refractivity contribution < 1.29 is 4.74 Å².